The van der Waals surface area contributed by atoms with Crippen LogP contribution < -0.4 is 0 Å². The highest BCUT2D eigenvalue weighted by Crippen LogP contribution is 2.35. The lowest BCUT2D eigenvalue weighted by atomic mass is 10.1. The molecule has 1 aromatic heterocycles. The van der Waals surface area contributed by atoms with E-state index in [2.05, 4.69) is 4.98 Å². The lowest BCUT2D eigenvalue weighted by Crippen LogP contribution is -2.44. The Kier molecular flexibility index (Phi) is 5.97. The molecule has 2 aromatic rings. The zero-order valence-corrected chi connectivity index (χ0v) is 16.6. The summed E-state index contributed by atoms with van der Waals surface area (Å²) in [5.74, 6) is -3.05. The summed E-state index contributed by atoms with van der Waals surface area (Å²) >= 11 is 12.3. The van der Waals surface area contributed by atoms with E-state index in [4.69, 9.17) is 28.9 Å². The van der Waals surface area contributed by atoms with Gasteiger partial charge in [0.15, 0.2) is 0 Å². The van der Waals surface area contributed by atoms with Crippen molar-refractivity contribution in [3.05, 3.63) is 46.0 Å². The van der Waals surface area contributed by atoms with Crippen molar-refractivity contribution in [2.75, 3.05) is 0 Å². The van der Waals surface area contributed by atoms with E-state index in [1.54, 1.807) is 18.2 Å². The Morgan fingerprint density at radius 2 is 2.04 bits per heavy atom. The highest BCUT2D eigenvalue weighted by Gasteiger charge is 2.40. The molecule has 1 aromatic carbocycles. The number of pyridine rings is 1. The van der Waals surface area contributed by atoms with Crippen LogP contribution in [0.15, 0.2) is 35.2 Å². The van der Waals surface area contributed by atoms with Crippen molar-refractivity contribution >= 4 is 74.7 Å². The summed E-state index contributed by atoms with van der Waals surface area (Å²) in [4.78, 5) is 40.6. The number of nitrogens with zero attached hydrogens (tertiary/aromatic N) is 2. The Morgan fingerprint density at radius 1 is 1.29 bits per heavy atom. The average molecular weight is 437 g/mol. The number of thiocarbonyl (C=S) groups is 1. The molecule has 1 aliphatic heterocycles. The van der Waals surface area contributed by atoms with Gasteiger partial charge in [-0.15, -0.1) is 0 Å². The third-order valence-corrected chi connectivity index (χ3v) is 5.66. The van der Waals surface area contributed by atoms with Gasteiger partial charge in [0.05, 0.1) is 21.1 Å². The minimum absolute atomic E-state index is 0.0628. The van der Waals surface area contributed by atoms with Crippen molar-refractivity contribution in [2.45, 2.75) is 18.9 Å². The summed E-state index contributed by atoms with van der Waals surface area (Å²) < 4.78 is 0.0628. The molecule has 1 saturated heterocycles. The number of carboxylic acid groups (broad SMARTS) is 2. The van der Waals surface area contributed by atoms with Gasteiger partial charge >= 0.3 is 11.9 Å². The summed E-state index contributed by atoms with van der Waals surface area (Å²) in [6.07, 6.45) is 0.879. The van der Waals surface area contributed by atoms with Crippen molar-refractivity contribution in [2.24, 2.45) is 0 Å². The maximum atomic E-state index is 12.7. The van der Waals surface area contributed by atoms with Gasteiger partial charge in [0.2, 0.25) is 0 Å². The summed E-state index contributed by atoms with van der Waals surface area (Å²) in [5.41, 5.74) is 1.05. The fourth-order valence-corrected chi connectivity index (χ4v) is 4.28. The van der Waals surface area contributed by atoms with E-state index in [0.717, 1.165) is 22.0 Å². The highest BCUT2D eigenvalue weighted by atomic mass is 35.5. The fraction of sp³-hybridized carbons (Fsp3) is 0.167. The Hall–Kier alpha value is -2.49. The number of halogens is 1. The molecule has 144 valence electrons. The number of benzene rings is 1. The molecule has 0 aliphatic carbocycles. The SMILES string of the molecule is O=C(O)CCC(C(=O)O)N1C(=O)/C(=C\c2ccc3cccc(Cl)c3n2)SC1=S. The van der Waals surface area contributed by atoms with Crippen LogP contribution in [-0.4, -0.2) is 48.3 Å². The van der Waals surface area contributed by atoms with Gasteiger partial charge in [-0.1, -0.05) is 53.8 Å². The molecule has 3 rings (SSSR count). The van der Waals surface area contributed by atoms with E-state index in [-0.39, 0.29) is 15.6 Å². The Morgan fingerprint density at radius 3 is 2.71 bits per heavy atom. The van der Waals surface area contributed by atoms with Gasteiger partial charge in [-0.2, -0.15) is 0 Å². The molecular weight excluding hydrogens is 424 g/mol. The van der Waals surface area contributed by atoms with Crippen LogP contribution in [0.3, 0.4) is 0 Å². The maximum absolute atomic E-state index is 12.7. The first-order chi connectivity index (χ1) is 13.3. The molecule has 0 saturated carbocycles. The van der Waals surface area contributed by atoms with E-state index in [1.165, 1.54) is 6.08 Å². The summed E-state index contributed by atoms with van der Waals surface area (Å²) in [7, 11) is 0. The number of fused-ring (bicyclic) bond motifs is 1. The highest BCUT2D eigenvalue weighted by molar-refractivity contribution is 8.26. The maximum Gasteiger partial charge on any atom is 0.326 e. The molecular formula is C18H13ClN2O5S2. The van der Waals surface area contributed by atoms with Crippen molar-refractivity contribution in [3.8, 4) is 0 Å². The van der Waals surface area contributed by atoms with Crippen molar-refractivity contribution < 1.29 is 24.6 Å². The number of aromatic nitrogens is 1. The number of aliphatic carboxylic acids is 2. The van der Waals surface area contributed by atoms with Crippen LogP contribution in [0.4, 0.5) is 0 Å². The first-order valence-corrected chi connectivity index (χ1v) is 9.65. The Labute approximate surface area is 174 Å². The van der Waals surface area contributed by atoms with Crippen molar-refractivity contribution in [1.82, 2.24) is 9.88 Å². The Balaban J connectivity index is 1.91. The summed E-state index contributed by atoms with van der Waals surface area (Å²) in [5, 5.41) is 19.5. The first kappa shape index (κ1) is 20.2. The number of hydrogen-bond donors (Lipinski definition) is 2. The van der Waals surface area contributed by atoms with Gasteiger partial charge < -0.3 is 10.2 Å². The second-order valence-electron chi connectivity index (χ2n) is 5.89. The van der Waals surface area contributed by atoms with Crippen molar-refractivity contribution in [3.63, 3.8) is 0 Å². The van der Waals surface area contributed by atoms with Crippen LogP contribution in [-0.2, 0) is 14.4 Å². The molecule has 1 amide bonds. The molecule has 2 heterocycles. The molecule has 7 nitrogen and oxygen atoms in total. The number of carbonyl (C=O) groups is 3. The molecule has 28 heavy (non-hydrogen) atoms. The fourth-order valence-electron chi connectivity index (χ4n) is 2.71. The number of carbonyl (C=O) groups excluding carboxylic acids is 1. The quantitative estimate of drug-likeness (QED) is 0.524. The summed E-state index contributed by atoms with van der Waals surface area (Å²) in [6, 6.07) is 7.56. The number of rotatable bonds is 6. The van der Waals surface area contributed by atoms with E-state index in [1.807, 2.05) is 12.1 Å². The van der Waals surface area contributed by atoms with Crippen LogP contribution in [0.25, 0.3) is 17.0 Å². The standard InChI is InChI=1S/C18H13ClN2O5S2/c19-11-3-1-2-9-4-5-10(20-15(9)11)8-13-16(24)21(18(27)28-13)12(17(25)26)6-7-14(22)23/h1-5,8,12H,6-7H2,(H,22,23)(H,25,26)/b13-8+. The van der Waals surface area contributed by atoms with Crippen LogP contribution in [0.1, 0.15) is 18.5 Å². The molecule has 0 bridgehead atoms. The molecule has 1 atom stereocenters. The van der Waals surface area contributed by atoms with E-state index in [0.29, 0.717) is 16.2 Å². The molecule has 0 radical (unpaired) electrons. The van der Waals surface area contributed by atoms with Gasteiger partial charge in [-0.3, -0.25) is 14.5 Å². The molecule has 1 fully saturated rings. The van der Waals surface area contributed by atoms with Crippen molar-refractivity contribution in [1.29, 1.82) is 0 Å². The number of thioether (sulfide) groups is 1. The van der Waals surface area contributed by atoms with Gasteiger partial charge in [-0.05, 0) is 24.6 Å². The lowest BCUT2D eigenvalue weighted by molar-refractivity contribution is -0.146. The second kappa shape index (κ2) is 8.26. The molecule has 0 spiro atoms. The molecule has 10 heteroatoms. The zero-order valence-electron chi connectivity index (χ0n) is 14.2. The number of amides is 1. The number of hydrogen-bond acceptors (Lipinski definition) is 6. The zero-order chi connectivity index (χ0) is 20.4. The van der Waals surface area contributed by atoms with Gasteiger partial charge in [0, 0.05) is 11.8 Å². The van der Waals surface area contributed by atoms with E-state index < -0.39 is 30.3 Å². The second-order valence-corrected chi connectivity index (χ2v) is 7.97. The average Bonchev–Trinajstić information content (AvgIpc) is 2.90. The van der Waals surface area contributed by atoms with Crippen LogP contribution >= 0.6 is 35.6 Å². The number of para-hydroxylation sites is 1. The minimum atomic E-state index is -1.34. The molecule has 1 unspecified atom stereocenters. The normalized spacial score (nSPS) is 16.8. The lowest BCUT2D eigenvalue weighted by Gasteiger charge is -2.22. The monoisotopic (exact) mass is 436 g/mol. The third kappa shape index (κ3) is 4.16. The van der Waals surface area contributed by atoms with E-state index >= 15 is 0 Å². The predicted octanol–water partition coefficient (Wildman–Crippen LogP) is 3.41. The van der Waals surface area contributed by atoms with Crippen LogP contribution in [0, 0.1) is 0 Å². The largest absolute Gasteiger partial charge is 0.481 e. The smallest absolute Gasteiger partial charge is 0.326 e. The van der Waals surface area contributed by atoms with E-state index in [9.17, 15) is 19.5 Å². The summed E-state index contributed by atoms with van der Waals surface area (Å²) in [6.45, 7) is 0. The van der Waals surface area contributed by atoms with Gasteiger partial charge in [0.1, 0.15) is 10.4 Å². The van der Waals surface area contributed by atoms with Gasteiger partial charge in [0.25, 0.3) is 5.91 Å². The first-order valence-electron chi connectivity index (χ1n) is 8.05. The molecule has 1 aliphatic rings. The molecule has 2 N–H and O–H groups in total. The van der Waals surface area contributed by atoms with Gasteiger partial charge in [-0.25, -0.2) is 9.78 Å². The predicted molar refractivity (Wildman–Crippen MR) is 110 cm³/mol. The number of carboxylic acids is 2. The third-order valence-electron chi connectivity index (χ3n) is 4.02. The Bertz CT molecular complexity index is 1040. The minimum Gasteiger partial charge on any atom is -0.481 e. The topological polar surface area (TPSA) is 108 Å². The van der Waals surface area contributed by atoms with Crippen LogP contribution in [0.2, 0.25) is 5.02 Å². The van der Waals surface area contributed by atoms with Crippen LogP contribution in [0.5, 0.6) is 0 Å².